The Balaban J connectivity index is 1.40. The van der Waals surface area contributed by atoms with Crippen LogP contribution in [0.5, 0.6) is 5.75 Å². The highest BCUT2D eigenvalue weighted by Gasteiger charge is 2.35. The Morgan fingerprint density at radius 1 is 1.23 bits per heavy atom. The second-order valence-electron chi connectivity index (χ2n) is 7.67. The molecule has 3 aromatic rings. The molecular weight excluding hydrogens is 410 g/mol. The number of ether oxygens (including phenoxy) is 1. The lowest BCUT2D eigenvalue weighted by Gasteiger charge is -2.17. The molecule has 6 nitrogen and oxygen atoms in total. The van der Waals surface area contributed by atoms with Gasteiger partial charge >= 0.3 is 0 Å². The van der Waals surface area contributed by atoms with E-state index in [2.05, 4.69) is 24.4 Å². The fourth-order valence-electron chi connectivity index (χ4n) is 3.74. The number of rotatable bonds is 6. The van der Waals surface area contributed by atoms with Crippen molar-refractivity contribution in [1.82, 2.24) is 10.3 Å². The minimum Gasteiger partial charge on any atom is -0.497 e. The van der Waals surface area contributed by atoms with Crippen LogP contribution in [0.1, 0.15) is 22.6 Å². The Kier molecular flexibility index (Phi) is 6.04. The van der Waals surface area contributed by atoms with Gasteiger partial charge in [0.25, 0.3) is 0 Å². The zero-order valence-electron chi connectivity index (χ0n) is 17.8. The maximum atomic E-state index is 12.8. The molecule has 1 aromatic heterocycles. The van der Waals surface area contributed by atoms with E-state index in [9.17, 15) is 9.59 Å². The molecule has 1 aliphatic heterocycles. The summed E-state index contributed by atoms with van der Waals surface area (Å²) in [5, 5.41) is 3.96. The molecule has 2 heterocycles. The van der Waals surface area contributed by atoms with Gasteiger partial charge in [0.1, 0.15) is 10.8 Å². The van der Waals surface area contributed by atoms with Crippen LogP contribution in [-0.4, -0.2) is 30.5 Å². The maximum Gasteiger partial charge on any atom is 0.227 e. The summed E-state index contributed by atoms with van der Waals surface area (Å²) < 4.78 is 5.24. The van der Waals surface area contributed by atoms with Crippen molar-refractivity contribution in [3.05, 3.63) is 64.7 Å². The topological polar surface area (TPSA) is 71.5 Å². The number of hydrogen-bond donors (Lipinski definition) is 1. The summed E-state index contributed by atoms with van der Waals surface area (Å²) in [7, 11) is 1.59. The zero-order chi connectivity index (χ0) is 22.0. The van der Waals surface area contributed by atoms with Gasteiger partial charge in [-0.3, -0.25) is 9.59 Å². The van der Waals surface area contributed by atoms with E-state index in [0.29, 0.717) is 18.8 Å². The van der Waals surface area contributed by atoms with Crippen LogP contribution in [0.15, 0.2) is 48.5 Å². The maximum absolute atomic E-state index is 12.8. The van der Waals surface area contributed by atoms with E-state index in [-0.39, 0.29) is 24.2 Å². The van der Waals surface area contributed by atoms with Gasteiger partial charge < -0.3 is 15.0 Å². The van der Waals surface area contributed by atoms with Crippen LogP contribution in [0.2, 0.25) is 0 Å². The molecule has 0 bridgehead atoms. The third-order valence-electron chi connectivity index (χ3n) is 5.55. The first-order valence-electron chi connectivity index (χ1n) is 10.2. The Morgan fingerprint density at radius 3 is 2.81 bits per heavy atom. The van der Waals surface area contributed by atoms with Gasteiger partial charge in [0, 0.05) is 35.2 Å². The van der Waals surface area contributed by atoms with Crippen molar-refractivity contribution in [2.75, 3.05) is 18.6 Å². The summed E-state index contributed by atoms with van der Waals surface area (Å²) in [5.41, 5.74) is 3.96. The van der Waals surface area contributed by atoms with Gasteiger partial charge in [-0.05, 0) is 31.5 Å². The fraction of sp³-hybridized carbons (Fsp3) is 0.292. The van der Waals surface area contributed by atoms with Crippen LogP contribution < -0.4 is 15.0 Å². The number of benzene rings is 2. The van der Waals surface area contributed by atoms with Gasteiger partial charge in [0.2, 0.25) is 11.8 Å². The molecule has 0 spiro atoms. The Labute approximate surface area is 185 Å². The normalized spacial score (nSPS) is 15.9. The molecule has 1 aliphatic rings. The van der Waals surface area contributed by atoms with Crippen molar-refractivity contribution in [3.63, 3.8) is 0 Å². The highest BCUT2D eigenvalue weighted by molar-refractivity contribution is 7.15. The minimum absolute atomic E-state index is 0.0517. The number of anilines is 1. The number of aryl methyl sites for hydroxylation is 2. The molecule has 31 heavy (non-hydrogen) atoms. The summed E-state index contributed by atoms with van der Waals surface area (Å²) in [6.45, 7) is 4.81. The van der Waals surface area contributed by atoms with Crippen molar-refractivity contribution in [1.29, 1.82) is 0 Å². The summed E-state index contributed by atoms with van der Waals surface area (Å²) in [4.78, 5) is 32.7. The Bertz CT molecular complexity index is 1120. The van der Waals surface area contributed by atoms with Gasteiger partial charge in [-0.15, -0.1) is 11.3 Å². The lowest BCUT2D eigenvalue weighted by molar-refractivity contribution is -0.126. The van der Waals surface area contributed by atoms with Crippen LogP contribution in [0, 0.1) is 19.8 Å². The molecule has 1 N–H and O–H groups in total. The van der Waals surface area contributed by atoms with Crippen molar-refractivity contribution < 1.29 is 14.3 Å². The third-order valence-corrected chi connectivity index (χ3v) is 6.74. The molecule has 1 fully saturated rings. The molecule has 2 amide bonds. The second-order valence-corrected chi connectivity index (χ2v) is 8.75. The third kappa shape index (κ3) is 4.46. The molecule has 7 heteroatoms. The monoisotopic (exact) mass is 435 g/mol. The van der Waals surface area contributed by atoms with Gasteiger partial charge in [-0.2, -0.15) is 0 Å². The fourth-order valence-corrected chi connectivity index (χ4v) is 4.84. The van der Waals surface area contributed by atoms with E-state index >= 15 is 0 Å². The quantitative estimate of drug-likeness (QED) is 0.633. The van der Waals surface area contributed by atoms with Crippen LogP contribution in [0.4, 0.5) is 5.69 Å². The van der Waals surface area contributed by atoms with Gasteiger partial charge in [0.05, 0.1) is 25.3 Å². The Morgan fingerprint density at radius 2 is 2.03 bits per heavy atom. The predicted octanol–water partition coefficient (Wildman–Crippen LogP) is 4.10. The number of carbonyl (C=O) groups excluding carboxylic acids is 2. The first-order valence-corrected chi connectivity index (χ1v) is 11.0. The number of aromatic nitrogens is 1. The number of amides is 2. The van der Waals surface area contributed by atoms with E-state index in [0.717, 1.165) is 26.8 Å². The lowest BCUT2D eigenvalue weighted by Crippen LogP contribution is -2.32. The standard InChI is InChI=1S/C24H25N3O3S/c1-15-7-4-5-10-20(15)24-26-16(2)21(31-24)13-25-23(29)17-11-22(28)27(14-17)18-8-6-9-19(12-18)30-3/h4-10,12,17H,11,13-14H2,1-3H3,(H,25,29)/t17-/m0/s1. The molecule has 4 rings (SSSR count). The zero-order valence-corrected chi connectivity index (χ0v) is 18.7. The van der Waals surface area contributed by atoms with E-state index in [4.69, 9.17) is 9.72 Å². The molecular formula is C24H25N3O3S. The molecule has 0 aliphatic carbocycles. The van der Waals surface area contributed by atoms with Crippen molar-refractivity contribution in [2.45, 2.75) is 26.8 Å². The van der Waals surface area contributed by atoms with Crippen LogP contribution >= 0.6 is 11.3 Å². The summed E-state index contributed by atoms with van der Waals surface area (Å²) in [6, 6.07) is 15.5. The molecule has 2 aromatic carbocycles. The summed E-state index contributed by atoms with van der Waals surface area (Å²) >= 11 is 1.60. The van der Waals surface area contributed by atoms with Crippen LogP contribution in [0.25, 0.3) is 10.6 Å². The largest absolute Gasteiger partial charge is 0.497 e. The van der Waals surface area contributed by atoms with Gasteiger partial charge in [-0.25, -0.2) is 4.98 Å². The smallest absolute Gasteiger partial charge is 0.227 e. The Hall–Kier alpha value is -3.19. The number of nitrogens with zero attached hydrogens (tertiary/aromatic N) is 2. The van der Waals surface area contributed by atoms with Crippen molar-refractivity contribution in [2.24, 2.45) is 5.92 Å². The van der Waals surface area contributed by atoms with E-state index in [1.807, 2.05) is 43.3 Å². The predicted molar refractivity (Wildman–Crippen MR) is 122 cm³/mol. The number of nitrogens with one attached hydrogen (secondary N) is 1. The molecule has 0 unspecified atom stereocenters. The summed E-state index contributed by atoms with van der Waals surface area (Å²) in [6.07, 6.45) is 0.208. The van der Waals surface area contributed by atoms with Crippen LogP contribution in [-0.2, 0) is 16.1 Å². The van der Waals surface area contributed by atoms with E-state index < -0.39 is 0 Å². The molecule has 1 saturated heterocycles. The van der Waals surface area contributed by atoms with E-state index in [1.165, 1.54) is 5.56 Å². The summed E-state index contributed by atoms with van der Waals surface area (Å²) in [5.74, 6) is 0.152. The highest BCUT2D eigenvalue weighted by atomic mass is 32.1. The lowest BCUT2D eigenvalue weighted by atomic mass is 10.1. The number of hydrogen-bond acceptors (Lipinski definition) is 5. The number of carbonyl (C=O) groups is 2. The van der Waals surface area contributed by atoms with Crippen molar-refractivity contribution in [3.8, 4) is 16.3 Å². The minimum atomic E-state index is -0.372. The molecule has 0 radical (unpaired) electrons. The van der Waals surface area contributed by atoms with Crippen LogP contribution in [0.3, 0.4) is 0 Å². The van der Waals surface area contributed by atoms with E-state index in [1.54, 1.807) is 23.3 Å². The average molecular weight is 436 g/mol. The first kappa shape index (κ1) is 21.1. The van der Waals surface area contributed by atoms with Gasteiger partial charge in [-0.1, -0.05) is 30.3 Å². The molecule has 160 valence electrons. The highest BCUT2D eigenvalue weighted by Crippen LogP contribution is 2.31. The van der Waals surface area contributed by atoms with Crippen molar-refractivity contribution >= 4 is 28.8 Å². The molecule has 0 saturated carbocycles. The SMILES string of the molecule is COc1cccc(N2C[C@@H](C(=O)NCc3sc(-c4ccccc4C)nc3C)CC2=O)c1. The number of thiazole rings is 1. The second kappa shape index (κ2) is 8.89. The van der Waals surface area contributed by atoms with Gasteiger partial charge in [0.15, 0.2) is 0 Å². The first-order chi connectivity index (χ1) is 15.0. The number of methoxy groups -OCH3 is 1. The average Bonchev–Trinajstić information content (AvgIpc) is 3.35. The molecule has 1 atom stereocenters.